The van der Waals surface area contributed by atoms with Gasteiger partial charge in [0.1, 0.15) is 18.0 Å². The molecule has 0 radical (unpaired) electrons. The Bertz CT molecular complexity index is 1300. The number of benzene rings is 3. The van der Waals surface area contributed by atoms with Gasteiger partial charge in [0.15, 0.2) is 0 Å². The van der Waals surface area contributed by atoms with Crippen LogP contribution < -0.4 is 5.32 Å². The van der Waals surface area contributed by atoms with Crippen LogP contribution in [0.25, 0.3) is 0 Å². The SMILES string of the molecule is C[C@H]1C(=O)N(CCC(c2ccccc2)c2ccccc2)CC2N1C(=O)CN(C)N2C(=O)NCc1ccc(F)cc1. The number of piperazine rings is 1. The molecule has 1 N–H and O–H groups in total. The quantitative estimate of drug-likeness (QED) is 0.492. The van der Waals surface area contributed by atoms with E-state index in [1.54, 1.807) is 36.0 Å². The van der Waals surface area contributed by atoms with Gasteiger partial charge < -0.3 is 15.1 Å². The van der Waals surface area contributed by atoms with Crippen LogP contribution in [0.15, 0.2) is 84.9 Å². The van der Waals surface area contributed by atoms with Crippen LogP contribution in [0.2, 0.25) is 0 Å². The fraction of sp³-hybridized carbons (Fsp3) is 0.323. The lowest BCUT2D eigenvalue weighted by molar-refractivity contribution is -0.185. The van der Waals surface area contributed by atoms with Crippen LogP contribution in [0.4, 0.5) is 9.18 Å². The Morgan fingerprint density at radius 1 is 0.950 bits per heavy atom. The molecule has 40 heavy (non-hydrogen) atoms. The molecule has 0 aromatic heterocycles. The van der Waals surface area contributed by atoms with E-state index in [-0.39, 0.29) is 49.2 Å². The molecule has 2 aliphatic heterocycles. The number of carbonyl (C=O) groups excluding carboxylic acids is 3. The van der Waals surface area contributed by atoms with E-state index in [1.165, 1.54) is 33.2 Å². The van der Waals surface area contributed by atoms with Crippen LogP contribution >= 0.6 is 0 Å². The number of urea groups is 1. The molecule has 9 heteroatoms. The first-order chi connectivity index (χ1) is 19.3. The normalized spacial score (nSPS) is 19.6. The standard InChI is InChI=1S/C31H34FN5O3/c1-22-30(39)35(18-17-27(24-9-5-3-6-10-24)25-11-7-4-8-12-25)20-28-36(22)29(38)21-34(2)37(28)31(40)33-19-23-13-15-26(32)16-14-23/h3-16,22,27-28H,17-21H2,1-2H3,(H,33,40)/t22-,28?/m0/s1. The van der Waals surface area contributed by atoms with Crippen molar-refractivity contribution in [2.75, 3.05) is 26.7 Å². The molecule has 0 aliphatic carbocycles. The van der Waals surface area contributed by atoms with E-state index in [4.69, 9.17) is 0 Å². The second kappa shape index (κ2) is 11.9. The molecule has 2 atom stereocenters. The second-order valence-corrected chi connectivity index (χ2v) is 10.3. The van der Waals surface area contributed by atoms with Gasteiger partial charge in [-0.1, -0.05) is 72.8 Å². The van der Waals surface area contributed by atoms with Gasteiger partial charge in [-0.2, -0.15) is 0 Å². The summed E-state index contributed by atoms with van der Waals surface area (Å²) < 4.78 is 13.3. The van der Waals surface area contributed by atoms with Crippen molar-refractivity contribution < 1.29 is 18.8 Å². The van der Waals surface area contributed by atoms with E-state index >= 15 is 0 Å². The van der Waals surface area contributed by atoms with Crippen molar-refractivity contribution >= 4 is 17.8 Å². The van der Waals surface area contributed by atoms with Crippen LogP contribution in [0.3, 0.4) is 0 Å². The van der Waals surface area contributed by atoms with Crippen LogP contribution in [0, 0.1) is 5.82 Å². The van der Waals surface area contributed by atoms with Crippen molar-refractivity contribution in [1.82, 2.24) is 25.1 Å². The van der Waals surface area contributed by atoms with Gasteiger partial charge >= 0.3 is 6.03 Å². The minimum atomic E-state index is -0.695. The molecule has 2 aliphatic rings. The Labute approximate surface area is 233 Å². The maximum absolute atomic E-state index is 13.5. The number of fused-ring (bicyclic) bond motifs is 1. The summed E-state index contributed by atoms with van der Waals surface area (Å²) in [6.45, 7) is 2.61. The molecule has 208 valence electrons. The number of nitrogens with zero attached hydrogens (tertiary/aromatic N) is 4. The van der Waals surface area contributed by atoms with Gasteiger partial charge in [-0.25, -0.2) is 19.2 Å². The van der Waals surface area contributed by atoms with E-state index in [0.29, 0.717) is 13.0 Å². The number of likely N-dealkylation sites (N-methyl/N-ethyl adjacent to an activating group) is 1. The van der Waals surface area contributed by atoms with Gasteiger partial charge in [-0.15, -0.1) is 0 Å². The number of carbonyl (C=O) groups is 3. The van der Waals surface area contributed by atoms with Gasteiger partial charge in [0, 0.05) is 26.1 Å². The minimum Gasteiger partial charge on any atom is -0.337 e. The molecule has 3 aromatic carbocycles. The number of hydrogen-bond donors (Lipinski definition) is 1. The fourth-order valence-corrected chi connectivity index (χ4v) is 5.71. The van der Waals surface area contributed by atoms with E-state index in [9.17, 15) is 18.8 Å². The summed E-state index contributed by atoms with van der Waals surface area (Å²) in [4.78, 5) is 43.2. The van der Waals surface area contributed by atoms with Gasteiger partial charge in [0.25, 0.3) is 0 Å². The maximum Gasteiger partial charge on any atom is 0.334 e. The Balaban J connectivity index is 1.34. The van der Waals surface area contributed by atoms with Crippen molar-refractivity contribution in [3.05, 3.63) is 107 Å². The number of hydrogen-bond acceptors (Lipinski definition) is 4. The Morgan fingerprint density at radius 2 is 1.55 bits per heavy atom. The van der Waals surface area contributed by atoms with Crippen molar-refractivity contribution in [2.45, 2.75) is 38.0 Å². The number of rotatable bonds is 7. The fourth-order valence-electron chi connectivity index (χ4n) is 5.71. The molecule has 2 fully saturated rings. The lowest BCUT2D eigenvalue weighted by Gasteiger charge is -2.54. The molecule has 0 spiro atoms. The molecule has 4 amide bonds. The first-order valence-electron chi connectivity index (χ1n) is 13.6. The Morgan fingerprint density at radius 3 is 2.15 bits per heavy atom. The zero-order chi connectivity index (χ0) is 28.2. The molecule has 1 unspecified atom stereocenters. The second-order valence-electron chi connectivity index (χ2n) is 10.3. The lowest BCUT2D eigenvalue weighted by atomic mass is 9.88. The highest BCUT2D eigenvalue weighted by Gasteiger charge is 2.49. The largest absolute Gasteiger partial charge is 0.337 e. The van der Waals surface area contributed by atoms with Crippen molar-refractivity contribution in [1.29, 1.82) is 0 Å². The minimum absolute atomic E-state index is 0.0117. The van der Waals surface area contributed by atoms with Crippen LogP contribution in [-0.4, -0.2) is 76.6 Å². The number of hydrazine groups is 1. The van der Waals surface area contributed by atoms with Crippen molar-refractivity contribution in [3.63, 3.8) is 0 Å². The molecule has 0 saturated carbocycles. The molecule has 3 aromatic rings. The third kappa shape index (κ3) is 5.70. The highest BCUT2D eigenvalue weighted by Crippen LogP contribution is 2.30. The van der Waals surface area contributed by atoms with Crippen molar-refractivity contribution in [3.8, 4) is 0 Å². The average molecular weight is 544 g/mol. The first kappa shape index (κ1) is 27.3. The molecular weight excluding hydrogens is 509 g/mol. The zero-order valence-corrected chi connectivity index (χ0v) is 22.7. The number of nitrogens with one attached hydrogen (secondary N) is 1. The summed E-state index contributed by atoms with van der Waals surface area (Å²) in [5.74, 6) is -0.570. The average Bonchev–Trinajstić information content (AvgIpc) is 2.96. The highest BCUT2D eigenvalue weighted by molar-refractivity contribution is 5.91. The summed E-state index contributed by atoms with van der Waals surface area (Å²) >= 11 is 0. The molecule has 2 saturated heterocycles. The predicted molar refractivity (Wildman–Crippen MR) is 149 cm³/mol. The maximum atomic E-state index is 13.5. The predicted octanol–water partition coefficient (Wildman–Crippen LogP) is 3.81. The highest BCUT2D eigenvalue weighted by atomic mass is 19.1. The number of halogens is 1. The number of amides is 4. The van der Waals surface area contributed by atoms with Gasteiger partial charge in [-0.05, 0) is 42.2 Å². The Hall–Kier alpha value is -4.24. The third-order valence-electron chi connectivity index (χ3n) is 7.75. The van der Waals surface area contributed by atoms with Gasteiger partial charge in [0.2, 0.25) is 11.8 Å². The van der Waals surface area contributed by atoms with Crippen LogP contribution in [0.1, 0.15) is 36.0 Å². The van der Waals surface area contributed by atoms with E-state index in [2.05, 4.69) is 29.6 Å². The first-order valence-corrected chi connectivity index (χ1v) is 13.6. The summed E-state index contributed by atoms with van der Waals surface area (Å²) in [6, 6.07) is 25.3. The molecule has 8 nitrogen and oxygen atoms in total. The molecule has 0 bridgehead atoms. The topological polar surface area (TPSA) is 76.2 Å². The third-order valence-corrected chi connectivity index (χ3v) is 7.75. The van der Waals surface area contributed by atoms with E-state index < -0.39 is 12.2 Å². The van der Waals surface area contributed by atoms with Crippen LogP contribution in [0.5, 0.6) is 0 Å². The van der Waals surface area contributed by atoms with E-state index in [1.807, 2.05) is 36.4 Å². The van der Waals surface area contributed by atoms with E-state index in [0.717, 1.165) is 5.56 Å². The summed E-state index contributed by atoms with van der Waals surface area (Å²) in [5, 5.41) is 6.00. The monoisotopic (exact) mass is 543 g/mol. The van der Waals surface area contributed by atoms with Crippen LogP contribution in [-0.2, 0) is 16.1 Å². The zero-order valence-electron chi connectivity index (χ0n) is 22.7. The Kier molecular flexibility index (Phi) is 8.11. The molecule has 5 rings (SSSR count). The van der Waals surface area contributed by atoms with Gasteiger partial charge in [0.05, 0.1) is 13.1 Å². The summed E-state index contributed by atoms with van der Waals surface area (Å²) in [6.07, 6.45) is 0.0545. The molecular formula is C31H34FN5O3. The summed E-state index contributed by atoms with van der Waals surface area (Å²) in [7, 11) is 1.69. The lowest BCUT2D eigenvalue weighted by Crippen LogP contribution is -2.75. The van der Waals surface area contributed by atoms with Gasteiger partial charge in [-0.3, -0.25) is 9.59 Å². The molecule has 2 heterocycles. The van der Waals surface area contributed by atoms with Crippen molar-refractivity contribution in [2.24, 2.45) is 0 Å². The smallest absolute Gasteiger partial charge is 0.334 e. The summed E-state index contributed by atoms with van der Waals surface area (Å²) in [5.41, 5.74) is 3.09.